The molecule has 1 aliphatic rings. The molecule has 0 spiro atoms. The molecule has 190 valence electrons. The van der Waals surface area contributed by atoms with Crippen molar-refractivity contribution in [1.82, 2.24) is 4.90 Å². The molecule has 5 nitrogen and oxygen atoms in total. The summed E-state index contributed by atoms with van der Waals surface area (Å²) in [5.41, 5.74) is 3.17. The summed E-state index contributed by atoms with van der Waals surface area (Å²) in [7, 11) is 3.32. The maximum absolute atomic E-state index is 11.2. The zero-order valence-electron chi connectivity index (χ0n) is 21.3. The Balaban J connectivity index is 1.57. The van der Waals surface area contributed by atoms with Gasteiger partial charge in [-0.3, -0.25) is 4.90 Å². The third kappa shape index (κ3) is 5.25. The SMILES string of the molecule is COc1ccc(C(O[C@H]2CN(Cc3ccccc3)C[C@@H]2O)(c2ccccc2)c2ccc(OC)cc2)cc1. The van der Waals surface area contributed by atoms with Crippen LogP contribution < -0.4 is 9.47 Å². The Kier molecular flexibility index (Phi) is 7.56. The topological polar surface area (TPSA) is 51.2 Å². The van der Waals surface area contributed by atoms with Gasteiger partial charge in [0.25, 0.3) is 0 Å². The zero-order valence-corrected chi connectivity index (χ0v) is 21.3. The van der Waals surface area contributed by atoms with Crippen molar-refractivity contribution in [2.75, 3.05) is 27.3 Å². The molecule has 4 aromatic rings. The average Bonchev–Trinajstić information content (AvgIpc) is 3.30. The lowest BCUT2D eigenvalue weighted by atomic mass is 9.79. The van der Waals surface area contributed by atoms with Crippen molar-refractivity contribution < 1.29 is 19.3 Å². The highest BCUT2D eigenvalue weighted by atomic mass is 16.5. The van der Waals surface area contributed by atoms with Crippen LogP contribution in [-0.4, -0.2) is 49.5 Å². The van der Waals surface area contributed by atoms with Gasteiger partial charge in [0.1, 0.15) is 17.1 Å². The van der Waals surface area contributed by atoms with E-state index in [0.717, 1.165) is 34.7 Å². The lowest BCUT2D eigenvalue weighted by Crippen LogP contribution is -2.41. The molecule has 0 bridgehead atoms. The Morgan fingerprint density at radius 1 is 0.676 bits per heavy atom. The van der Waals surface area contributed by atoms with Gasteiger partial charge in [0.15, 0.2) is 0 Å². The lowest BCUT2D eigenvalue weighted by molar-refractivity contribution is -0.0817. The Morgan fingerprint density at radius 3 is 1.68 bits per heavy atom. The monoisotopic (exact) mass is 495 g/mol. The number of likely N-dealkylation sites (tertiary alicyclic amines) is 1. The smallest absolute Gasteiger partial charge is 0.144 e. The van der Waals surface area contributed by atoms with Crippen molar-refractivity contribution in [3.63, 3.8) is 0 Å². The number of methoxy groups -OCH3 is 2. The van der Waals surface area contributed by atoms with E-state index in [1.165, 1.54) is 5.56 Å². The van der Waals surface area contributed by atoms with Gasteiger partial charge in [-0.05, 0) is 46.5 Å². The van der Waals surface area contributed by atoms with Gasteiger partial charge in [0.2, 0.25) is 0 Å². The summed E-state index contributed by atoms with van der Waals surface area (Å²) in [6, 6.07) is 36.5. The molecule has 0 aromatic heterocycles. The van der Waals surface area contributed by atoms with Crippen LogP contribution in [0.3, 0.4) is 0 Å². The predicted octanol–water partition coefficient (Wildman–Crippen LogP) is 5.26. The number of hydrogen-bond acceptors (Lipinski definition) is 5. The highest BCUT2D eigenvalue weighted by molar-refractivity contribution is 5.50. The number of benzene rings is 4. The number of rotatable bonds is 9. The van der Waals surface area contributed by atoms with Crippen LogP contribution in [0.2, 0.25) is 0 Å². The van der Waals surface area contributed by atoms with Crippen LogP contribution in [0.5, 0.6) is 11.5 Å². The molecule has 37 heavy (non-hydrogen) atoms. The van der Waals surface area contributed by atoms with Gasteiger partial charge in [-0.15, -0.1) is 0 Å². The summed E-state index contributed by atoms with van der Waals surface area (Å²) in [6.45, 7) is 1.94. The normalized spacial score (nSPS) is 18.0. The van der Waals surface area contributed by atoms with E-state index in [-0.39, 0.29) is 0 Å². The summed E-state index contributed by atoms with van der Waals surface area (Å²) < 4.78 is 18.0. The van der Waals surface area contributed by atoms with Crippen LogP contribution >= 0.6 is 0 Å². The first-order chi connectivity index (χ1) is 18.1. The molecule has 5 heteroatoms. The van der Waals surface area contributed by atoms with Crippen molar-refractivity contribution in [1.29, 1.82) is 0 Å². The van der Waals surface area contributed by atoms with Gasteiger partial charge >= 0.3 is 0 Å². The first-order valence-electron chi connectivity index (χ1n) is 12.6. The van der Waals surface area contributed by atoms with Gasteiger partial charge in [0.05, 0.1) is 26.4 Å². The molecule has 5 rings (SSSR count). The largest absolute Gasteiger partial charge is 0.497 e. The Labute approximate surface area is 218 Å². The lowest BCUT2D eigenvalue weighted by Gasteiger charge is -2.39. The van der Waals surface area contributed by atoms with Crippen molar-refractivity contribution in [3.05, 3.63) is 131 Å². The van der Waals surface area contributed by atoms with Gasteiger partial charge in [-0.2, -0.15) is 0 Å². The maximum atomic E-state index is 11.2. The molecule has 2 atom stereocenters. The molecule has 0 unspecified atom stereocenters. The van der Waals surface area contributed by atoms with Crippen LogP contribution in [0.15, 0.2) is 109 Å². The highest BCUT2D eigenvalue weighted by Crippen LogP contribution is 2.43. The van der Waals surface area contributed by atoms with E-state index in [2.05, 4.69) is 29.2 Å². The summed E-state index contributed by atoms with van der Waals surface area (Å²) in [5.74, 6) is 1.55. The zero-order chi connectivity index (χ0) is 25.7. The first kappa shape index (κ1) is 25.0. The summed E-state index contributed by atoms with van der Waals surface area (Å²) in [5, 5.41) is 11.2. The van der Waals surface area contributed by atoms with E-state index in [1.54, 1.807) is 14.2 Å². The molecular weight excluding hydrogens is 462 g/mol. The van der Waals surface area contributed by atoms with Crippen molar-refractivity contribution in [2.45, 2.75) is 24.4 Å². The Morgan fingerprint density at radius 2 is 1.16 bits per heavy atom. The van der Waals surface area contributed by atoms with Crippen molar-refractivity contribution in [3.8, 4) is 11.5 Å². The second kappa shape index (κ2) is 11.2. The van der Waals surface area contributed by atoms with Crippen LogP contribution in [0.4, 0.5) is 0 Å². The third-order valence-electron chi connectivity index (χ3n) is 7.06. The van der Waals surface area contributed by atoms with E-state index in [0.29, 0.717) is 13.1 Å². The van der Waals surface area contributed by atoms with Crippen LogP contribution in [-0.2, 0) is 16.9 Å². The average molecular weight is 496 g/mol. The molecule has 1 fully saturated rings. The molecule has 0 amide bonds. The maximum Gasteiger partial charge on any atom is 0.144 e. The van der Waals surface area contributed by atoms with Crippen molar-refractivity contribution in [2.24, 2.45) is 0 Å². The fourth-order valence-electron chi connectivity index (χ4n) is 5.17. The number of ether oxygens (including phenoxy) is 3. The molecule has 1 heterocycles. The molecular formula is C32H33NO4. The fourth-order valence-corrected chi connectivity index (χ4v) is 5.17. The third-order valence-corrected chi connectivity index (χ3v) is 7.06. The van der Waals surface area contributed by atoms with Crippen LogP contribution in [0, 0.1) is 0 Å². The molecule has 1 saturated heterocycles. The van der Waals surface area contributed by atoms with Crippen molar-refractivity contribution >= 4 is 0 Å². The van der Waals surface area contributed by atoms with Gasteiger partial charge in [-0.1, -0.05) is 84.9 Å². The van der Waals surface area contributed by atoms with E-state index >= 15 is 0 Å². The predicted molar refractivity (Wildman–Crippen MR) is 145 cm³/mol. The van der Waals surface area contributed by atoms with E-state index in [4.69, 9.17) is 14.2 Å². The second-order valence-corrected chi connectivity index (χ2v) is 9.41. The fraction of sp³-hybridized carbons (Fsp3) is 0.250. The molecule has 1 aliphatic heterocycles. The number of aliphatic hydroxyl groups excluding tert-OH is 1. The summed E-state index contributed by atoms with van der Waals surface area (Å²) in [4.78, 5) is 2.25. The second-order valence-electron chi connectivity index (χ2n) is 9.41. The first-order valence-corrected chi connectivity index (χ1v) is 12.6. The number of β-amino-alcohol motifs (C(OH)–C–C–N with tert-alkyl or cyclic N) is 1. The molecule has 0 saturated carbocycles. The minimum absolute atomic E-state index is 0.395. The van der Waals surface area contributed by atoms with E-state index < -0.39 is 17.8 Å². The molecule has 0 radical (unpaired) electrons. The minimum Gasteiger partial charge on any atom is -0.497 e. The summed E-state index contributed by atoms with van der Waals surface area (Å²) in [6.07, 6.45) is -1.02. The van der Waals surface area contributed by atoms with Gasteiger partial charge in [-0.25, -0.2) is 0 Å². The minimum atomic E-state index is -0.950. The van der Waals surface area contributed by atoms with Gasteiger partial charge in [0, 0.05) is 19.6 Å². The van der Waals surface area contributed by atoms with E-state index in [1.807, 2.05) is 84.9 Å². The Hall–Kier alpha value is -3.64. The quantitative estimate of drug-likeness (QED) is 0.321. The molecule has 4 aromatic carbocycles. The van der Waals surface area contributed by atoms with Crippen LogP contribution in [0.1, 0.15) is 22.3 Å². The Bertz CT molecular complexity index is 1210. The summed E-state index contributed by atoms with van der Waals surface area (Å²) >= 11 is 0. The standard InChI is InChI=1S/C32H33NO4/c1-35-28-17-13-26(14-18-28)32(25-11-7-4-8-12-25,27-15-19-29(36-2)20-16-27)37-31-23-33(22-30(31)34)21-24-9-5-3-6-10-24/h3-20,30-31,34H,21-23H2,1-2H3/t30-,31-/m0/s1. The number of aliphatic hydroxyl groups is 1. The number of hydrogen-bond donors (Lipinski definition) is 1. The van der Waals surface area contributed by atoms with E-state index in [9.17, 15) is 5.11 Å². The van der Waals surface area contributed by atoms with Gasteiger partial charge < -0.3 is 19.3 Å². The van der Waals surface area contributed by atoms with Crippen LogP contribution in [0.25, 0.3) is 0 Å². The molecule has 0 aliphatic carbocycles. The number of nitrogens with zero attached hydrogens (tertiary/aromatic N) is 1. The highest BCUT2D eigenvalue weighted by Gasteiger charge is 2.44. The molecule has 1 N–H and O–H groups in total.